The van der Waals surface area contributed by atoms with Crippen LogP contribution >= 0.6 is 0 Å². The van der Waals surface area contributed by atoms with Gasteiger partial charge in [0, 0.05) is 11.1 Å². The molecule has 21 heavy (non-hydrogen) atoms. The molecule has 0 unspecified atom stereocenters. The number of aliphatic imine (C=N–C) groups is 1. The van der Waals surface area contributed by atoms with Crippen LogP contribution < -0.4 is 0 Å². The Morgan fingerprint density at radius 2 is 1.14 bits per heavy atom. The maximum atomic E-state index is 5.15. The molecule has 3 rings (SSSR count). The topological polar surface area (TPSA) is 12.4 Å². The third kappa shape index (κ3) is 3.81. The Kier molecular flexibility index (Phi) is 4.83. The molecule has 0 amide bonds. The molecule has 0 heterocycles. The van der Waals surface area contributed by atoms with E-state index in [9.17, 15) is 0 Å². The van der Waals surface area contributed by atoms with Gasteiger partial charge in [-0.1, -0.05) is 86.3 Å². The molecule has 1 heteroatoms. The zero-order valence-corrected chi connectivity index (χ0v) is 12.5. The van der Waals surface area contributed by atoms with E-state index in [1.54, 1.807) is 0 Å². The van der Waals surface area contributed by atoms with Gasteiger partial charge in [-0.3, -0.25) is 4.99 Å². The van der Waals surface area contributed by atoms with Gasteiger partial charge in [0.05, 0.1) is 11.8 Å². The first kappa shape index (κ1) is 14.1. The highest BCUT2D eigenvalue weighted by atomic mass is 15.5. The highest BCUT2D eigenvalue weighted by molar-refractivity contribution is 6.12. The van der Waals surface area contributed by atoms with Crippen molar-refractivity contribution in [2.45, 2.75) is 44.6 Å². The van der Waals surface area contributed by atoms with Gasteiger partial charge in [-0.15, -0.1) is 0 Å². The maximum absolute atomic E-state index is 5.15. The summed E-state index contributed by atoms with van der Waals surface area (Å²) in [7, 11) is 0. The molecule has 0 atom stereocenters. The second kappa shape index (κ2) is 7.21. The molecule has 0 aliphatic heterocycles. The van der Waals surface area contributed by atoms with E-state index in [0.717, 1.165) is 5.71 Å². The predicted octanol–water partition coefficient (Wildman–Crippen LogP) is 5.25. The fraction of sp³-hybridized carbons (Fsp3) is 0.350. The summed E-state index contributed by atoms with van der Waals surface area (Å²) in [6, 6.07) is 21.7. The number of rotatable bonds is 3. The zero-order valence-electron chi connectivity index (χ0n) is 12.5. The molecular formula is C20H23N. The second-order valence-electron chi connectivity index (χ2n) is 5.86. The summed E-state index contributed by atoms with van der Waals surface area (Å²) in [5.41, 5.74) is 3.61. The van der Waals surface area contributed by atoms with Crippen LogP contribution in [0.2, 0.25) is 0 Å². The van der Waals surface area contributed by atoms with Crippen molar-refractivity contribution in [3.8, 4) is 0 Å². The van der Waals surface area contributed by atoms with Crippen LogP contribution in [0.3, 0.4) is 0 Å². The molecule has 0 spiro atoms. The van der Waals surface area contributed by atoms with E-state index in [1.807, 2.05) is 0 Å². The Morgan fingerprint density at radius 1 is 0.667 bits per heavy atom. The molecule has 0 aromatic heterocycles. The lowest BCUT2D eigenvalue weighted by Crippen LogP contribution is -2.11. The smallest absolute Gasteiger partial charge is 0.0722 e. The molecule has 1 nitrogen and oxygen atoms in total. The summed E-state index contributed by atoms with van der Waals surface area (Å²) >= 11 is 0. The minimum absolute atomic E-state index is 0.489. The molecule has 1 aliphatic rings. The van der Waals surface area contributed by atoms with Gasteiger partial charge >= 0.3 is 0 Å². The first-order chi connectivity index (χ1) is 10.4. The molecule has 0 bridgehead atoms. The van der Waals surface area contributed by atoms with Crippen LogP contribution in [-0.2, 0) is 0 Å². The Morgan fingerprint density at radius 3 is 1.62 bits per heavy atom. The van der Waals surface area contributed by atoms with E-state index in [4.69, 9.17) is 4.99 Å². The Bertz CT molecular complexity index is 522. The van der Waals surface area contributed by atoms with E-state index < -0.39 is 0 Å². The molecule has 2 aromatic carbocycles. The van der Waals surface area contributed by atoms with Gasteiger partial charge in [-0.2, -0.15) is 0 Å². The lowest BCUT2D eigenvalue weighted by Gasteiger charge is -2.14. The summed E-state index contributed by atoms with van der Waals surface area (Å²) in [4.78, 5) is 5.15. The molecular weight excluding hydrogens is 255 g/mol. The summed E-state index contributed by atoms with van der Waals surface area (Å²) in [6.07, 6.45) is 7.87. The molecule has 0 saturated heterocycles. The quantitative estimate of drug-likeness (QED) is 0.413. The van der Waals surface area contributed by atoms with Crippen LogP contribution in [0.25, 0.3) is 0 Å². The Hall–Kier alpha value is -1.89. The zero-order chi connectivity index (χ0) is 14.3. The van der Waals surface area contributed by atoms with Crippen LogP contribution in [0.1, 0.15) is 49.7 Å². The van der Waals surface area contributed by atoms with Crippen molar-refractivity contribution in [1.82, 2.24) is 0 Å². The molecule has 0 N–H and O–H groups in total. The first-order valence-corrected chi connectivity index (χ1v) is 8.12. The van der Waals surface area contributed by atoms with E-state index in [-0.39, 0.29) is 0 Å². The van der Waals surface area contributed by atoms with Crippen molar-refractivity contribution in [3.63, 3.8) is 0 Å². The van der Waals surface area contributed by atoms with E-state index in [2.05, 4.69) is 60.7 Å². The molecule has 1 aliphatic carbocycles. The minimum Gasteiger partial charge on any atom is -0.281 e. The first-order valence-electron chi connectivity index (χ1n) is 8.12. The third-order valence-electron chi connectivity index (χ3n) is 4.23. The highest BCUT2D eigenvalue weighted by Gasteiger charge is 2.14. The van der Waals surface area contributed by atoms with Gasteiger partial charge < -0.3 is 0 Å². The molecule has 2 aromatic rings. The number of nitrogens with zero attached hydrogens (tertiary/aromatic N) is 1. The highest BCUT2D eigenvalue weighted by Crippen LogP contribution is 2.22. The van der Waals surface area contributed by atoms with Crippen LogP contribution in [0.4, 0.5) is 0 Å². The average Bonchev–Trinajstić information content (AvgIpc) is 2.83. The summed E-state index contributed by atoms with van der Waals surface area (Å²) in [6.45, 7) is 0. The maximum Gasteiger partial charge on any atom is 0.0722 e. The van der Waals surface area contributed by atoms with Crippen molar-refractivity contribution >= 4 is 5.71 Å². The number of hydrogen-bond acceptors (Lipinski definition) is 1. The van der Waals surface area contributed by atoms with Gasteiger partial charge in [0.15, 0.2) is 0 Å². The van der Waals surface area contributed by atoms with Gasteiger partial charge in [0.25, 0.3) is 0 Å². The van der Waals surface area contributed by atoms with Crippen LogP contribution in [0.15, 0.2) is 65.7 Å². The molecule has 0 radical (unpaired) electrons. The number of hydrogen-bond donors (Lipinski definition) is 0. The minimum atomic E-state index is 0.489. The van der Waals surface area contributed by atoms with Gasteiger partial charge in [-0.05, 0) is 12.8 Å². The Labute approximate surface area is 127 Å². The predicted molar refractivity (Wildman–Crippen MR) is 90.0 cm³/mol. The fourth-order valence-corrected chi connectivity index (χ4v) is 3.08. The van der Waals surface area contributed by atoms with Crippen molar-refractivity contribution in [1.29, 1.82) is 0 Å². The van der Waals surface area contributed by atoms with E-state index in [1.165, 1.54) is 49.7 Å². The monoisotopic (exact) mass is 278 g/mol. The number of benzene rings is 2. The van der Waals surface area contributed by atoms with Crippen molar-refractivity contribution in [2.75, 3.05) is 0 Å². The van der Waals surface area contributed by atoms with Crippen LogP contribution in [-0.4, -0.2) is 11.8 Å². The third-order valence-corrected chi connectivity index (χ3v) is 4.23. The fourth-order valence-electron chi connectivity index (χ4n) is 3.08. The summed E-state index contributed by atoms with van der Waals surface area (Å²) in [5, 5.41) is 0. The van der Waals surface area contributed by atoms with Gasteiger partial charge in [0.1, 0.15) is 0 Å². The lowest BCUT2D eigenvalue weighted by molar-refractivity contribution is 0.586. The van der Waals surface area contributed by atoms with E-state index >= 15 is 0 Å². The van der Waals surface area contributed by atoms with Crippen molar-refractivity contribution in [3.05, 3.63) is 71.8 Å². The molecule has 1 fully saturated rings. The SMILES string of the molecule is c1ccc(C(=[15N]C2CCCCCC2)c2ccccc2)cc1. The van der Waals surface area contributed by atoms with Crippen molar-refractivity contribution < 1.29 is 0 Å². The van der Waals surface area contributed by atoms with Crippen LogP contribution in [0, 0.1) is 0 Å². The van der Waals surface area contributed by atoms with E-state index in [0.29, 0.717) is 6.04 Å². The lowest BCUT2D eigenvalue weighted by atomic mass is 10.0. The van der Waals surface area contributed by atoms with Crippen molar-refractivity contribution in [2.24, 2.45) is 4.99 Å². The summed E-state index contributed by atoms with van der Waals surface area (Å²) < 4.78 is 0. The van der Waals surface area contributed by atoms with Crippen LogP contribution in [0.5, 0.6) is 0 Å². The second-order valence-corrected chi connectivity index (χ2v) is 5.86. The van der Waals surface area contributed by atoms with Gasteiger partial charge in [0.2, 0.25) is 0 Å². The Balaban J connectivity index is 1.96. The average molecular weight is 278 g/mol. The molecule has 108 valence electrons. The summed E-state index contributed by atoms with van der Waals surface area (Å²) in [5.74, 6) is 0. The van der Waals surface area contributed by atoms with Gasteiger partial charge in [-0.25, -0.2) is 0 Å². The largest absolute Gasteiger partial charge is 0.281 e. The molecule has 1 saturated carbocycles. The normalized spacial score (nSPS) is 16.2. The standard InChI is InChI=1S/C20H23N/c1-2-10-16-19(15-9-1)21-20(17-11-5-3-6-12-17)18-13-7-4-8-14-18/h3-8,11-14,19H,1-2,9-10,15-16H2/i21+1.